The molecule has 2 N–H and O–H groups in total. The maximum Gasteiger partial charge on any atom is 0.416 e. The second-order valence-electron chi connectivity index (χ2n) is 8.04. The Morgan fingerprint density at radius 2 is 1.94 bits per heavy atom. The normalized spacial score (nSPS) is 30.1. The Labute approximate surface area is 187 Å². The third kappa shape index (κ3) is 5.09. The number of hydrogen-bond acceptors (Lipinski definition) is 6. The summed E-state index contributed by atoms with van der Waals surface area (Å²) in [5.41, 5.74) is 1.93. The van der Waals surface area contributed by atoms with Crippen LogP contribution in [-0.4, -0.2) is 41.9 Å². The van der Waals surface area contributed by atoms with E-state index < -0.39 is 17.0 Å². The van der Waals surface area contributed by atoms with Crippen LogP contribution in [0.4, 0.5) is 18.0 Å². The summed E-state index contributed by atoms with van der Waals surface area (Å²) < 4.78 is 49.6. The number of carbonyl (C=O) groups excluding carboxylic acids is 2. The number of ether oxygens (including phenoxy) is 2. The van der Waals surface area contributed by atoms with Crippen molar-refractivity contribution >= 4 is 22.9 Å². The van der Waals surface area contributed by atoms with E-state index in [9.17, 15) is 22.8 Å². The number of nitrogens with one attached hydrogen (secondary N) is 2. The monoisotopic (exact) mass is 468 g/mol. The van der Waals surface area contributed by atoms with Crippen LogP contribution < -0.4 is 10.6 Å². The topological polar surface area (TPSA) is 80.0 Å². The second kappa shape index (κ2) is 9.01. The van der Waals surface area contributed by atoms with Gasteiger partial charge in [-0.15, -0.1) is 0 Å². The molecule has 0 bridgehead atoms. The first kappa shape index (κ1) is 23.0. The first-order chi connectivity index (χ1) is 15.2. The number of rotatable bonds is 7. The van der Waals surface area contributed by atoms with Crippen LogP contribution in [0, 0.1) is 5.92 Å². The summed E-state index contributed by atoms with van der Waals surface area (Å²) in [7, 11) is 1.62. The predicted molar refractivity (Wildman–Crippen MR) is 113 cm³/mol. The van der Waals surface area contributed by atoms with Crippen molar-refractivity contribution in [1.29, 1.82) is 0 Å². The fourth-order valence-corrected chi connectivity index (χ4v) is 4.95. The minimum atomic E-state index is -4.35. The molecule has 0 saturated carbocycles. The predicted octanol–water partition coefficient (Wildman–Crippen LogP) is 3.78. The third-order valence-electron chi connectivity index (χ3n) is 5.69. The van der Waals surface area contributed by atoms with E-state index >= 15 is 0 Å². The van der Waals surface area contributed by atoms with Gasteiger partial charge >= 0.3 is 6.18 Å². The molecule has 4 rings (SSSR count). The number of allylic oxidation sites excluding steroid dienone is 2. The van der Waals surface area contributed by atoms with Crippen LogP contribution in [0.15, 0.2) is 47.6 Å². The Morgan fingerprint density at radius 3 is 2.53 bits per heavy atom. The van der Waals surface area contributed by atoms with Gasteiger partial charge in [0.15, 0.2) is 0 Å². The molecule has 0 aromatic heterocycles. The van der Waals surface area contributed by atoms with Crippen molar-refractivity contribution in [2.75, 3.05) is 7.11 Å². The van der Waals surface area contributed by atoms with Gasteiger partial charge < -0.3 is 9.47 Å². The van der Waals surface area contributed by atoms with Crippen LogP contribution in [0.1, 0.15) is 24.5 Å². The molecule has 2 saturated heterocycles. The molecule has 0 radical (unpaired) electrons. The molecule has 0 spiro atoms. The molecule has 2 heterocycles. The summed E-state index contributed by atoms with van der Waals surface area (Å²) in [6.07, 6.45) is -0.606. The van der Waals surface area contributed by atoms with Crippen molar-refractivity contribution in [1.82, 2.24) is 10.6 Å². The average Bonchev–Trinajstić information content (AvgIpc) is 3.43. The highest BCUT2D eigenvalue weighted by Gasteiger charge is 2.46. The minimum absolute atomic E-state index is 0.0555. The van der Waals surface area contributed by atoms with Gasteiger partial charge in [0, 0.05) is 19.6 Å². The summed E-state index contributed by atoms with van der Waals surface area (Å²) in [5, 5.41) is 4.72. The highest BCUT2D eigenvalue weighted by molar-refractivity contribution is 8.15. The first-order valence-electron chi connectivity index (χ1n) is 10.2. The maximum absolute atomic E-state index is 12.7. The van der Waals surface area contributed by atoms with Gasteiger partial charge in [-0.05, 0) is 35.3 Å². The number of benzene rings is 1. The van der Waals surface area contributed by atoms with E-state index in [4.69, 9.17) is 9.47 Å². The number of alkyl halides is 3. The van der Waals surface area contributed by atoms with Gasteiger partial charge in [0.25, 0.3) is 5.24 Å². The molecule has 1 aromatic rings. The summed E-state index contributed by atoms with van der Waals surface area (Å²) in [4.78, 5) is 23.4. The Kier molecular flexibility index (Phi) is 6.49. The van der Waals surface area contributed by atoms with Gasteiger partial charge in [-0.1, -0.05) is 43.0 Å². The van der Waals surface area contributed by atoms with Crippen LogP contribution in [0.3, 0.4) is 0 Å². The summed E-state index contributed by atoms with van der Waals surface area (Å²) in [5.74, 6) is -0.226. The smallest absolute Gasteiger partial charge is 0.376 e. The lowest BCUT2D eigenvalue weighted by Gasteiger charge is -2.28. The summed E-state index contributed by atoms with van der Waals surface area (Å²) >= 11 is 0.994. The molecule has 1 aromatic carbocycles. The number of hydrogen-bond donors (Lipinski definition) is 2. The largest absolute Gasteiger partial charge is 0.416 e. The molecule has 2 fully saturated rings. The zero-order valence-corrected chi connectivity index (χ0v) is 18.3. The minimum Gasteiger partial charge on any atom is -0.376 e. The van der Waals surface area contributed by atoms with Crippen molar-refractivity contribution in [3.05, 3.63) is 58.7 Å². The fraction of sp³-hybridized carbons (Fsp3) is 0.455. The molecular weight excluding hydrogens is 445 g/mol. The molecular formula is C22H23F3N2O4S. The Balaban J connectivity index is 1.38. The van der Waals surface area contributed by atoms with E-state index in [1.54, 1.807) is 7.11 Å². The van der Waals surface area contributed by atoms with Gasteiger partial charge in [-0.25, -0.2) is 0 Å². The van der Waals surface area contributed by atoms with E-state index in [1.807, 2.05) is 19.1 Å². The highest BCUT2D eigenvalue weighted by Crippen LogP contribution is 2.39. The molecule has 32 heavy (non-hydrogen) atoms. The number of amides is 2. The lowest BCUT2D eigenvalue weighted by atomic mass is 9.85. The molecule has 5 atom stereocenters. The quantitative estimate of drug-likeness (QED) is 0.593. The van der Waals surface area contributed by atoms with Crippen molar-refractivity contribution < 1.29 is 32.2 Å². The van der Waals surface area contributed by atoms with Gasteiger partial charge in [0.2, 0.25) is 5.91 Å². The molecule has 2 amide bonds. The average molecular weight is 468 g/mol. The van der Waals surface area contributed by atoms with Crippen molar-refractivity contribution in [3.63, 3.8) is 0 Å². The Bertz CT molecular complexity index is 961. The van der Waals surface area contributed by atoms with Crippen LogP contribution in [0.2, 0.25) is 0 Å². The lowest BCUT2D eigenvalue weighted by molar-refractivity contribution is -0.137. The SMILES string of the molecule is COC1C(C2OC2NCc2ccc(C(F)(F)F)cc2)=CC(CC2SC(=O)NC2=O)=CC1C. The highest BCUT2D eigenvalue weighted by atomic mass is 32.2. The van der Waals surface area contributed by atoms with E-state index in [1.165, 1.54) is 12.1 Å². The van der Waals surface area contributed by atoms with Gasteiger partial charge in [-0.3, -0.25) is 20.2 Å². The third-order valence-corrected chi connectivity index (χ3v) is 6.67. The Morgan fingerprint density at radius 1 is 1.22 bits per heavy atom. The van der Waals surface area contributed by atoms with Crippen LogP contribution >= 0.6 is 11.8 Å². The van der Waals surface area contributed by atoms with Gasteiger partial charge in [-0.2, -0.15) is 13.2 Å². The van der Waals surface area contributed by atoms with Gasteiger partial charge in [0.1, 0.15) is 12.3 Å². The number of carbonyl (C=O) groups is 2. The summed E-state index contributed by atoms with van der Waals surface area (Å²) in [6, 6.07) is 5.01. The molecule has 172 valence electrons. The van der Waals surface area contributed by atoms with Crippen molar-refractivity contribution in [3.8, 4) is 0 Å². The zero-order valence-electron chi connectivity index (χ0n) is 17.4. The first-order valence-corrected chi connectivity index (χ1v) is 11.0. The molecule has 5 unspecified atom stereocenters. The van der Waals surface area contributed by atoms with Crippen LogP contribution in [0.5, 0.6) is 0 Å². The Hall–Kier alpha value is -2.14. The second-order valence-corrected chi connectivity index (χ2v) is 9.22. The van der Waals surface area contributed by atoms with Crippen LogP contribution in [0.25, 0.3) is 0 Å². The van der Waals surface area contributed by atoms with E-state index in [-0.39, 0.29) is 35.5 Å². The standard InChI is InChI=1S/C22H23F3N2O4S/c1-11-7-13(9-16-19(28)27-21(29)32-16)8-15(17(11)30-2)18-20(31-18)26-10-12-3-5-14(6-4-12)22(23,24)25/h3-8,11,16-18,20,26H,9-10H2,1-2H3,(H,27,28,29). The zero-order chi connectivity index (χ0) is 23.0. The fourth-order valence-electron chi connectivity index (χ4n) is 4.09. The lowest BCUT2D eigenvalue weighted by Crippen LogP contribution is -2.31. The summed E-state index contributed by atoms with van der Waals surface area (Å²) in [6.45, 7) is 2.38. The molecule has 2 aliphatic heterocycles. The van der Waals surface area contributed by atoms with E-state index in [0.717, 1.165) is 40.6 Å². The van der Waals surface area contributed by atoms with E-state index in [2.05, 4.69) is 10.6 Å². The number of epoxide rings is 1. The molecule has 10 heteroatoms. The maximum atomic E-state index is 12.7. The van der Waals surface area contributed by atoms with Crippen molar-refractivity contribution in [2.45, 2.75) is 49.8 Å². The van der Waals surface area contributed by atoms with Crippen molar-refractivity contribution in [2.24, 2.45) is 5.92 Å². The molecule has 6 nitrogen and oxygen atoms in total. The number of thioether (sulfide) groups is 1. The number of halogens is 3. The van der Waals surface area contributed by atoms with E-state index in [0.29, 0.717) is 13.0 Å². The molecule has 3 aliphatic rings. The number of imide groups is 1. The van der Waals surface area contributed by atoms with Crippen LogP contribution in [-0.2, 0) is 27.0 Å². The number of methoxy groups -OCH3 is 1. The van der Waals surface area contributed by atoms with Gasteiger partial charge in [0.05, 0.1) is 16.9 Å². The molecule has 1 aliphatic carbocycles.